The zero-order chi connectivity index (χ0) is 17.8. The normalized spacial score (nSPS) is 20.8. The van der Waals surface area contributed by atoms with E-state index >= 15 is 0 Å². The molecular weight excluding hydrogens is 316 g/mol. The van der Waals surface area contributed by atoms with E-state index in [1.807, 2.05) is 24.3 Å². The number of carbonyl (C=O) groups excluding carboxylic acids is 1. The lowest BCUT2D eigenvalue weighted by atomic mass is 9.87. The number of hydrogen-bond donors (Lipinski definition) is 1. The Bertz CT molecular complexity index is 797. The standard InChI is InChI=1S/C20H26N2O3/c1-14(2)19-16(7-5-11-25-19)12-21-18(23)13-22-10-9-15-6-3-4-8-17(15)20(22)24/h3-4,6,8-10,14,16,19H,5,7,11-13H2,1-2H3,(H,21,23)/t16-,19-/m1/s1. The number of pyridine rings is 1. The van der Waals surface area contributed by atoms with E-state index in [9.17, 15) is 9.59 Å². The molecule has 2 heterocycles. The van der Waals surface area contributed by atoms with Gasteiger partial charge >= 0.3 is 0 Å². The van der Waals surface area contributed by atoms with Crippen LogP contribution in [0.5, 0.6) is 0 Å². The van der Waals surface area contributed by atoms with Crippen LogP contribution in [0.25, 0.3) is 10.8 Å². The van der Waals surface area contributed by atoms with Gasteiger partial charge in [0.05, 0.1) is 6.10 Å². The van der Waals surface area contributed by atoms with Gasteiger partial charge in [-0.25, -0.2) is 0 Å². The quantitative estimate of drug-likeness (QED) is 0.908. The van der Waals surface area contributed by atoms with Crippen LogP contribution in [-0.4, -0.2) is 29.7 Å². The first-order chi connectivity index (χ1) is 12.1. The number of amides is 1. The fraction of sp³-hybridized carbons (Fsp3) is 0.500. The summed E-state index contributed by atoms with van der Waals surface area (Å²) in [6.07, 6.45) is 3.98. The van der Waals surface area contributed by atoms with E-state index in [1.54, 1.807) is 12.3 Å². The molecule has 0 spiro atoms. The maximum Gasteiger partial charge on any atom is 0.258 e. The van der Waals surface area contributed by atoms with Crippen molar-refractivity contribution in [1.82, 2.24) is 9.88 Å². The molecule has 134 valence electrons. The maximum absolute atomic E-state index is 12.5. The van der Waals surface area contributed by atoms with Gasteiger partial charge in [0.1, 0.15) is 6.54 Å². The Morgan fingerprint density at radius 2 is 2.12 bits per heavy atom. The third-order valence-electron chi connectivity index (χ3n) is 4.91. The number of nitrogens with zero attached hydrogens (tertiary/aromatic N) is 1. The van der Waals surface area contributed by atoms with Gasteiger partial charge in [0, 0.05) is 30.7 Å². The smallest absolute Gasteiger partial charge is 0.258 e. The second kappa shape index (κ2) is 7.83. The zero-order valence-electron chi connectivity index (χ0n) is 14.9. The molecule has 0 radical (unpaired) electrons. The summed E-state index contributed by atoms with van der Waals surface area (Å²) in [6, 6.07) is 9.29. The maximum atomic E-state index is 12.5. The van der Waals surface area contributed by atoms with E-state index in [1.165, 1.54) is 4.57 Å². The molecule has 2 aromatic rings. The Hall–Kier alpha value is -2.14. The molecule has 5 nitrogen and oxygen atoms in total. The first kappa shape index (κ1) is 17.7. The molecule has 3 rings (SSSR count). The second-order valence-corrected chi connectivity index (χ2v) is 7.12. The van der Waals surface area contributed by atoms with Gasteiger partial charge in [-0.2, -0.15) is 0 Å². The minimum Gasteiger partial charge on any atom is -0.378 e. The molecule has 25 heavy (non-hydrogen) atoms. The molecule has 1 aliphatic heterocycles. The molecule has 1 N–H and O–H groups in total. The van der Waals surface area contributed by atoms with Crippen LogP contribution >= 0.6 is 0 Å². The Morgan fingerprint density at radius 3 is 2.92 bits per heavy atom. The molecule has 1 fully saturated rings. The number of nitrogens with one attached hydrogen (secondary N) is 1. The number of carbonyl (C=O) groups is 1. The van der Waals surface area contributed by atoms with E-state index in [4.69, 9.17) is 4.74 Å². The van der Waals surface area contributed by atoms with Crippen molar-refractivity contribution in [2.24, 2.45) is 11.8 Å². The van der Waals surface area contributed by atoms with Crippen molar-refractivity contribution in [3.63, 3.8) is 0 Å². The lowest BCUT2D eigenvalue weighted by Crippen LogP contribution is -2.42. The van der Waals surface area contributed by atoms with Crippen molar-refractivity contribution >= 4 is 16.7 Å². The predicted molar refractivity (Wildman–Crippen MR) is 98.5 cm³/mol. The van der Waals surface area contributed by atoms with Crippen molar-refractivity contribution in [1.29, 1.82) is 0 Å². The Labute approximate surface area is 148 Å². The first-order valence-corrected chi connectivity index (χ1v) is 9.02. The average Bonchev–Trinajstić information content (AvgIpc) is 2.63. The molecule has 1 saturated heterocycles. The highest BCUT2D eigenvalue weighted by atomic mass is 16.5. The summed E-state index contributed by atoms with van der Waals surface area (Å²) >= 11 is 0. The van der Waals surface area contributed by atoms with E-state index in [0.717, 1.165) is 24.8 Å². The van der Waals surface area contributed by atoms with Gasteiger partial charge in [0.2, 0.25) is 5.91 Å². The summed E-state index contributed by atoms with van der Waals surface area (Å²) in [5, 5.41) is 4.51. The van der Waals surface area contributed by atoms with Gasteiger partial charge in [0.15, 0.2) is 0 Å². The molecule has 1 amide bonds. The molecule has 2 atom stereocenters. The van der Waals surface area contributed by atoms with E-state index in [2.05, 4.69) is 19.2 Å². The highest BCUT2D eigenvalue weighted by Crippen LogP contribution is 2.25. The largest absolute Gasteiger partial charge is 0.378 e. The summed E-state index contributed by atoms with van der Waals surface area (Å²) < 4.78 is 7.33. The van der Waals surface area contributed by atoms with Crippen LogP contribution in [-0.2, 0) is 16.1 Å². The SMILES string of the molecule is CC(C)[C@H]1OCCC[C@@H]1CNC(=O)Cn1ccc2ccccc2c1=O. The van der Waals surface area contributed by atoms with Gasteiger partial charge in [-0.05, 0) is 36.3 Å². The molecule has 5 heteroatoms. The van der Waals surface area contributed by atoms with E-state index in [0.29, 0.717) is 23.8 Å². The fourth-order valence-corrected chi connectivity index (χ4v) is 3.63. The van der Waals surface area contributed by atoms with Crippen molar-refractivity contribution in [3.8, 4) is 0 Å². The highest BCUT2D eigenvalue weighted by Gasteiger charge is 2.28. The molecule has 1 aliphatic rings. The lowest BCUT2D eigenvalue weighted by Gasteiger charge is -2.34. The summed E-state index contributed by atoms with van der Waals surface area (Å²) in [4.78, 5) is 24.8. The summed E-state index contributed by atoms with van der Waals surface area (Å²) in [5.41, 5.74) is -0.130. The topological polar surface area (TPSA) is 60.3 Å². The van der Waals surface area contributed by atoms with E-state index < -0.39 is 0 Å². The molecule has 0 bridgehead atoms. The Balaban J connectivity index is 1.63. The van der Waals surface area contributed by atoms with Crippen molar-refractivity contribution < 1.29 is 9.53 Å². The van der Waals surface area contributed by atoms with Crippen LogP contribution in [0.15, 0.2) is 41.3 Å². The second-order valence-electron chi connectivity index (χ2n) is 7.12. The average molecular weight is 342 g/mol. The van der Waals surface area contributed by atoms with Crippen LogP contribution in [0.3, 0.4) is 0 Å². The van der Waals surface area contributed by atoms with Crippen LogP contribution in [0.1, 0.15) is 26.7 Å². The molecule has 0 saturated carbocycles. The number of ether oxygens (including phenoxy) is 1. The molecule has 1 aromatic carbocycles. The molecule has 0 aliphatic carbocycles. The summed E-state index contributed by atoms with van der Waals surface area (Å²) in [7, 11) is 0. The number of hydrogen-bond acceptors (Lipinski definition) is 3. The number of rotatable bonds is 5. The third-order valence-corrected chi connectivity index (χ3v) is 4.91. The molecular formula is C20H26N2O3. The minimum absolute atomic E-state index is 0.0452. The Kier molecular flexibility index (Phi) is 5.53. The van der Waals surface area contributed by atoms with Gasteiger partial charge in [0.25, 0.3) is 5.56 Å². The van der Waals surface area contributed by atoms with Crippen LogP contribution in [0, 0.1) is 11.8 Å². The monoisotopic (exact) mass is 342 g/mol. The van der Waals surface area contributed by atoms with Crippen molar-refractivity contribution in [2.75, 3.05) is 13.2 Å². The number of benzene rings is 1. The molecule has 1 aromatic heterocycles. The van der Waals surface area contributed by atoms with E-state index in [-0.39, 0.29) is 24.1 Å². The van der Waals surface area contributed by atoms with Crippen LogP contribution in [0.2, 0.25) is 0 Å². The first-order valence-electron chi connectivity index (χ1n) is 9.02. The number of aromatic nitrogens is 1. The van der Waals surface area contributed by atoms with Crippen molar-refractivity contribution in [3.05, 3.63) is 46.9 Å². The van der Waals surface area contributed by atoms with Gasteiger partial charge in [-0.3, -0.25) is 9.59 Å². The summed E-state index contributed by atoms with van der Waals surface area (Å²) in [5.74, 6) is 0.641. The predicted octanol–water partition coefficient (Wildman–Crippen LogP) is 2.57. The van der Waals surface area contributed by atoms with Gasteiger partial charge < -0.3 is 14.6 Å². The van der Waals surface area contributed by atoms with Crippen LogP contribution in [0.4, 0.5) is 0 Å². The minimum atomic E-state index is -0.134. The van der Waals surface area contributed by atoms with Crippen LogP contribution < -0.4 is 10.9 Å². The highest BCUT2D eigenvalue weighted by molar-refractivity contribution is 5.82. The number of fused-ring (bicyclic) bond motifs is 1. The lowest BCUT2D eigenvalue weighted by molar-refractivity contribution is -0.122. The summed E-state index contributed by atoms with van der Waals surface area (Å²) in [6.45, 7) is 5.76. The molecule has 0 unspecified atom stereocenters. The fourth-order valence-electron chi connectivity index (χ4n) is 3.63. The van der Waals surface area contributed by atoms with Gasteiger partial charge in [-0.15, -0.1) is 0 Å². The van der Waals surface area contributed by atoms with Gasteiger partial charge in [-0.1, -0.05) is 32.0 Å². The Morgan fingerprint density at radius 1 is 1.32 bits per heavy atom. The third kappa shape index (κ3) is 4.10. The zero-order valence-corrected chi connectivity index (χ0v) is 14.9. The van der Waals surface area contributed by atoms with Crippen molar-refractivity contribution in [2.45, 2.75) is 39.3 Å².